The fourth-order valence-electron chi connectivity index (χ4n) is 3.77. The number of rotatable bonds is 2. The molecule has 5 nitrogen and oxygen atoms in total. The Kier molecular flexibility index (Phi) is 4.85. The first kappa shape index (κ1) is 16.1. The monoisotopic (exact) mass is 348 g/mol. The summed E-state index contributed by atoms with van der Waals surface area (Å²) in [6.45, 7) is 4.00. The Bertz CT molecular complexity index is 604. The SMILES string of the molecule is O=C(c1ccc2c(c1)OCO2)N1CCCN(C2CCSCC2)CC1. The van der Waals surface area contributed by atoms with Crippen LogP contribution in [0.3, 0.4) is 0 Å². The van der Waals surface area contributed by atoms with E-state index in [1.165, 1.54) is 24.3 Å². The van der Waals surface area contributed by atoms with Crippen molar-refractivity contribution in [3.63, 3.8) is 0 Å². The van der Waals surface area contributed by atoms with Crippen molar-refractivity contribution in [2.45, 2.75) is 25.3 Å². The summed E-state index contributed by atoms with van der Waals surface area (Å²) in [6, 6.07) is 6.20. The molecule has 3 heterocycles. The third-order valence-electron chi connectivity index (χ3n) is 5.14. The average Bonchev–Trinajstić information content (AvgIpc) is 2.96. The predicted octanol–water partition coefficient (Wildman–Crippen LogP) is 2.46. The van der Waals surface area contributed by atoms with Crippen LogP contribution in [-0.4, -0.2) is 66.2 Å². The van der Waals surface area contributed by atoms with Crippen LogP contribution in [0.4, 0.5) is 0 Å². The number of nitrogens with zero attached hydrogens (tertiary/aromatic N) is 2. The summed E-state index contributed by atoms with van der Waals surface area (Å²) in [5, 5.41) is 0. The molecule has 0 aromatic heterocycles. The van der Waals surface area contributed by atoms with Crippen LogP contribution in [0.15, 0.2) is 18.2 Å². The van der Waals surface area contributed by atoms with E-state index in [2.05, 4.69) is 16.7 Å². The summed E-state index contributed by atoms with van der Waals surface area (Å²) in [4.78, 5) is 17.4. The van der Waals surface area contributed by atoms with E-state index in [9.17, 15) is 4.79 Å². The molecule has 0 unspecified atom stereocenters. The average molecular weight is 348 g/mol. The minimum atomic E-state index is 0.106. The van der Waals surface area contributed by atoms with Crippen LogP contribution in [0.5, 0.6) is 11.5 Å². The van der Waals surface area contributed by atoms with Crippen molar-refractivity contribution in [3.8, 4) is 11.5 Å². The Morgan fingerprint density at radius 3 is 2.75 bits per heavy atom. The van der Waals surface area contributed by atoms with Gasteiger partial charge in [0.15, 0.2) is 11.5 Å². The Labute approximate surface area is 147 Å². The van der Waals surface area contributed by atoms with Gasteiger partial charge >= 0.3 is 0 Å². The lowest BCUT2D eigenvalue weighted by Crippen LogP contribution is -2.41. The zero-order valence-corrected chi connectivity index (χ0v) is 14.7. The highest BCUT2D eigenvalue weighted by molar-refractivity contribution is 7.99. The third-order valence-corrected chi connectivity index (χ3v) is 6.19. The van der Waals surface area contributed by atoms with Crippen molar-refractivity contribution >= 4 is 17.7 Å². The molecule has 2 saturated heterocycles. The zero-order chi connectivity index (χ0) is 16.4. The second-order valence-electron chi connectivity index (χ2n) is 6.59. The molecule has 3 aliphatic rings. The molecule has 0 spiro atoms. The summed E-state index contributed by atoms with van der Waals surface area (Å²) in [6.07, 6.45) is 3.64. The Morgan fingerprint density at radius 2 is 1.88 bits per heavy atom. The van der Waals surface area contributed by atoms with Crippen LogP contribution in [0.1, 0.15) is 29.6 Å². The number of fused-ring (bicyclic) bond motifs is 1. The number of carbonyl (C=O) groups is 1. The van der Waals surface area contributed by atoms with Crippen molar-refractivity contribution in [1.82, 2.24) is 9.80 Å². The quantitative estimate of drug-likeness (QED) is 0.821. The van der Waals surface area contributed by atoms with Gasteiger partial charge in [-0.05, 0) is 49.0 Å². The first-order chi connectivity index (χ1) is 11.8. The van der Waals surface area contributed by atoms with Gasteiger partial charge in [-0.15, -0.1) is 0 Å². The Balaban J connectivity index is 1.40. The molecule has 1 amide bonds. The topological polar surface area (TPSA) is 42.0 Å². The highest BCUT2D eigenvalue weighted by atomic mass is 32.2. The van der Waals surface area contributed by atoms with E-state index >= 15 is 0 Å². The minimum Gasteiger partial charge on any atom is -0.454 e. The summed E-state index contributed by atoms with van der Waals surface area (Å²) in [5.74, 6) is 4.07. The van der Waals surface area contributed by atoms with Gasteiger partial charge < -0.3 is 14.4 Å². The normalized spacial score (nSPS) is 22.4. The fourth-order valence-corrected chi connectivity index (χ4v) is 4.85. The smallest absolute Gasteiger partial charge is 0.254 e. The van der Waals surface area contributed by atoms with Crippen LogP contribution >= 0.6 is 11.8 Å². The van der Waals surface area contributed by atoms with E-state index in [1.54, 1.807) is 0 Å². The maximum Gasteiger partial charge on any atom is 0.254 e. The van der Waals surface area contributed by atoms with Crippen LogP contribution in [0.2, 0.25) is 0 Å². The second kappa shape index (κ2) is 7.23. The number of carbonyl (C=O) groups excluding carboxylic acids is 1. The molecular formula is C18H24N2O3S. The summed E-state index contributed by atoms with van der Waals surface area (Å²) < 4.78 is 10.7. The van der Waals surface area contributed by atoms with Crippen LogP contribution in [0, 0.1) is 0 Å². The number of amides is 1. The van der Waals surface area contributed by atoms with Gasteiger partial charge in [-0.25, -0.2) is 0 Å². The number of hydrogen-bond donors (Lipinski definition) is 0. The third kappa shape index (κ3) is 3.35. The highest BCUT2D eigenvalue weighted by Crippen LogP contribution is 2.33. The van der Waals surface area contributed by atoms with E-state index in [0.29, 0.717) is 17.4 Å². The Morgan fingerprint density at radius 1 is 1.04 bits per heavy atom. The molecule has 0 bridgehead atoms. The van der Waals surface area contributed by atoms with Crippen LogP contribution in [-0.2, 0) is 0 Å². The van der Waals surface area contributed by atoms with E-state index < -0.39 is 0 Å². The number of ether oxygens (including phenoxy) is 2. The van der Waals surface area contributed by atoms with Gasteiger partial charge in [0, 0.05) is 37.8 Å². The van der Waals surface area contributed by atoms with Crippen molar-refractivity contribution in [1.29, 1.82) is 0 Å². The fraction of sp³-hybridized carbons (Fsp3) is 0.611. The summed E-state index contributed by atoms with van der Waals surface area (Å²) in [7, 11) is 0. The van der Waals surface area contributed by atoms with Gasteiger partial charge in [0.25, 0.3) is 5.91 Å². The first-order valence-electron chi connectivity index (χ1n) is 8.82. The van der Waals surface area contributed by atoms with Crippen LogP contribution < -0.4 is 9.47 Å². The zero-order valence-electron chi connectivity index (χ0n) is 13.9. The molecule has 0 atom stereocenters. The predicted molar refractivity (Wildman–Crippen MR) is 95.0 cm³/mol. The second-order valence-corrected chi connectivity index (χ2v) is 7.82. The molecule has 130 valence electrons. The molecule has 2 fully saturated rings. The van der Waals surface area contributed by atoms with Gasteiger partial charge in [-0.3, -0.25) is 9.69 Å². The van der Waals surface area contributed by atoms with Gasteiger partial charge in [0.1, 0.15) is 0 Å². The lowest BCUT2D eigenvalue weighted by molar-refractivity contribution is 0.0757. The maximum absolute atomic E-state index is 12.8. The van der Waals surface area contributed by atoms with Crippen molar-refractivity contribution in [2.75, 3.05) is 44.5 Å². The lowest BCUT2D eigenvalue weighted by Gasteiger charge is -2.33. The number of thioether (sulfide) groups is 1. The Hall–Kier alpha value is -1.40. The summed E-state index contributed by atoms with van der Waals surface area (Å²) in [5.41, 5.74) is 0.696. The molecule has 0 radical (unpaired) electrons. The highest BCUT2D eigenvalue weighted by Gasteiger charge is 2.26. The minimum absolute atomic E-state index is 0.106. The van der Waals surface area contributed by atoms with Gasteiger partial charge in [-0.1, -0.05) is 0 Å². The number of hydrogen-bond acceptors (Lipinski definition) is 5. The van der Waals surface area contributed by atoms with E-state index in [1.807, 2.05) is 23.1 Å². The van der Waals surface area contributed by atoms with Crippen LogP contribution in [0.25, 0.3) is 0 Å². The van der Waals surface area contributed by atoms with E-state index in [0.717, 1.165) is 38.3 Å². The standard InChI is InChI=1S/C18H24N2O3S/c21-18(14-2-3-16-17(12-14)23-13-22-16)20-7-1-6-19(8-9-20)15-4-10-24-11-5-15/h2-3,12,15H,1,4-11,13H2. The molecule has 24 heavy (non-hydrogen) atoms. The van der Waals surface area contributed by atoms with Gasteiger partial charge in [0.2, 0.25) is 6.79 Å². The number of benzene rings is 1. The van der Waals surface area contributed by atoms with Crippen molar-refractivity contribution < 1.29 is 14.3 Å². The van der Waals surface area contributed by atoms with E-state index in [4.69, 9.17) is 9.47 Å². The molecule has 1 aromatic rings. The molecule has 6 heteroatoms. The molecule has 0 saturated carbocycles. The van der Waals surface area contributed by atoms with Gasteiger partial charge in [0.05, 0.1) is 0 Å². The van der Waals surface area contributed by atoms with Gasteiger partial charge in [-0.2, -0.15) is 11.8 Å². The summed E-state index contributed by atoms with van der Waals surface area (Å²) >= 11 is 2.07. The molecular weight excluding hydrogens is 324 g/mol. The lowest BCUT2D eigenvalue weighted by atomic mass is 10.1. The molecule has 3 aliphatic heterocycles. The molecule has 0 N–H and O–H groups in total. The molecule has 0 aliphatic carbocycles. The largest absolute Gasteiger partial charge is 0.454 e. The van der Waals surface area contributed by atoms with Crippen molar-refractivity contribution in [3.05, 3.63) is 23.8 Å². The van der Waals surface area contributed by atoms with E-state index in [-0.39, 0.29) is 12.7 Å². The molecule has 4 rings (SSSR count). The molecule has 1 aromatic carbocycles. The maximum atomic E-state index is 12.8. The van der Waals surface area contributed by atoms with Crippen molar-refractivity contribution in [2.24, 2.45) is 0 Å². The first-order valence-corrected chi connectivity index (χ1v) is 9.97.